The van der Waals surface area contributed by atoms with Crippen LogP contribution < -0.4 is 10.6 Å². The number of hydrogen-bond acceptors (Lipinski definition) is 8. The Hall–Kier alpha value is -4.32. The molecule has 0 saturated carbocycles. The molecular weight excluding hydrogens is 402 g/mol. The van der Waals surface area contributed by atoms with Crippen molar-refractivity contribution in [1.82, 2.24) is 29.9 Å². The molecule has 0 bridgehead atoms. The average Bonchev–Trinajstić information content (AvgIpc) is 3.52. The minimum absolute atomic E-state index is 0.134. The van der Waals surface area contributed by atoms with Gasteiger partial charge in [0.15, 0.2) is 0 Å². The van der Waals surface area contributed by atoms with Crippen molar-refractivity contribution >= 4 is 11.8 Å². The van der Waals surface area contributed by atoms with Gasteiger partial charge >= 0.3 is 0 Å². The van der Waals surface area contributed by atoms with Crippen molar-refractivity contribution < 1.29 is 0 Å². The van der Waals surface area contributed by atoms with Gasteiger partial charge in [-0.15, -0.1) is 5.10 Å². The van der Waals surface area contributed by atoms with Crippen LogP contribution in [0, 0.1) is 11.3 Å². The highest BCUT2D eigenvalue weighted by Crippen LogP contribution is 2.24. The first-order valence-electron chi connectivity index (χ1n) is 10.4. The third-order valence-electron chi connectivity index (χ3n) is 5.38. The summed E-state index contributed by atoms with van der Waals surface area (Å²) in [5.74, 6) is 1.14. The first kappa shape index (κ1) is 19.6. The van der Waals surface area contributed by atoms with Crippen LogP contribution in [0.2, 0.25) is 0 Å². The number of rotatable bonds is 5. The summed E-state index contributed by atoms with van der Waals surface area (Å²) in [7, 11) is 0. The molecule has 9 heteroatoms. The van der Waals surface area contributed by atoms with Gasteiger partial charge in [-0.25, -0.2) is 19.6 Å². The molecule has 0 radical (unpaired) electrons. The summed E-state index contributed by atoms with van der Waals surface area (Å²) >= 11 is 0. The SMILES string of the molecule is N#Cc1cccc(-c2cc(-c3cn(Cc4cccc(N5CCCC5)n4)nn3)nc(N)n2)c1. The van der Waals surface area contributed by atoms with E-state index in [1.807, 2.05) is 36.5 Å². The summed E-state index contributed by atoms with van der Waals surface area (Å²) in [6, 6.07) is 17.2. The van der Waals surface area contributed by atoms with Gasteiger partial charge in [0.2, 0.25) is 5.95 Å². The zero-order chi connectivity index (χ0) is 21.9. The van der Waals surface area contributed by atoms with Crippen molar-refractivity contribution in [3.05, 3.63) is 66.0 Å². The number of nitrogen functional groups attached to an aromatic ring is 1. The van der Waals surface area contributed by atoms with Gasteiger partial charge in [-0.2, -0.15) is 5.26 Å². The molecule has 4 heterocycles. The minimum atomic E-state index is 0.134. The molecule has 0 unspecified atom stereocenters. The monoisotopic (exact) mass is 423 g/mol. The Morgan fingerprint density at radius 1 is 0.938 bits per heavy atom. The van der Waals surface area contributed by atoms with Gasteiger partial charge < -0.3 is 10.6 Å². The van der Waals surface area contributed by atoms with E-state index in [-0.39, 0.29) is 5.95 Å². The third kappa shape index (κ3) is 4.11. The normalized spacial score (nSPS) is 13.3. The van der Waals surface area contributed by atoms with Crippen LogP contribution in [0.4, 0.5) is 11.8 Å². The number of pyridine rings is 1. The molecule has 0 aliphatic carbocycles. The second-order valence-corrected chi connectivity index (χ2v) is 7.67. The number of anilines is 2. The highest BCUT2D eigenvalue weighted by Gasteiger charge is 2.15. The molecule has 1 fully saturated rings. The topological polar surface area (TPSA) is 122 Å². The molecule has 32 heavy (non-hydrogen) atoms. The highest BCUT2D eigenvalue weighted by molar-refractivity contribution is 5.68. The van der Waals surface area contributed by atoms with Crippen LogP contribution in [0.25, 0.3) is 22.6 Å². The lowest BCUT2D eigenvalue weighted by molar-refractivity contribution is 0.638. The van der Waals surface area contributed by atoms with Crippen LogP contribution in [0.3, 0.4) is 0 Å². The summed E-state index contributed by atoms with van der Waals surface area (Å²) < 4.78 is 1.74. The molecule has 2 N–H and O–H groups in total. The maximum atomic E-state index is 9.16. The number of aromatic nitrogens is 6. The Morgan fingerprint density at radius 3 is 2.59 bits per heavy atom. The fourth-order valence-corrected chi connectivity index (χ4v) is 3.83. The van der Waals surface area contributed by atoms with E-state index in [1.165, 1.54) is 12.8 Å². The lowest BCUT2D eigenvalue weighted by atomic mass is 10.1. The van der Waals surface area contributed by atoms with E-state index in [0.29, 0.717) is 29.2 Å². The summed E-state index contributed by atoms with van der Waals surface area (Å²) in [6.07, 6.45) is 4.24. The van der Waals surface area contributed by atoms with Crippen LogP contribution in [0.1, 0.15) is 24.1 Å². The number of nitrogens with zero attached hydrogens (tertiary/aromatic N) is 8. The Balaban J connectivity index is 1.39. The second kappa shape index (κ2) is 8.43. The third-order valence-corrected chi connectivity index (χ3v) is 5.38. The maximum Gasteiger partial charge on any atom is 0.221 e. The lowest BCUT2D eigenvalue weighted by Crippen LogP contribution is -2.19. The average molecular weight is 423 g/mol. The molecule has 0 spiro atoms. The number of nitrogens with two attached hydrogens (primary N) is 1. The minimum Gasteiger partial charge on any atom is -0.368 e. The zero-order valence-corrected chi connectivity index (χ0v) is 17.4. The van der Waals surface area contributed by atoms with E-state index >= 15 is 0 Å². The van der Waals surface area contributed by atoms with Crippen LogP contribution in [-0.2, 0) is 6.54 Å². The fraction of sp³-hybridized carbons (Fsp3) is 0.217. The number of hydrogen-bond donors (Lipinski definition) is 1. The first-order chi connectivity index (χ1) is 15.7. The van der Waals surface area contributed by atoms with Crippen LogP contribution in [0.15, 0.2) is 54.7 Å². The summed E-state index contributed by atoms with van der Waals surface area (Å²) in [5.41, 5.74) is 10.00. The van der Waals surface area contributed by atoms with Crippen LogP contribution in [-0.4, -0.2) is 43.0 Å². The standard InChI is InChI=1S/C23H21N9/c24-13-16-5-3-6-17(11-16)19-12-20(28-23(25)27-19)21-15-32(30-29-21)14-18-7-4-8-22(26-18)31-9-1-2-10-31/h3-8,11-12,15H,1-2,9-10,14H2,(H2,25,27,28). The molecule has 1 aromatic carbocycles. The molecule has 5 rings (SSSR count). The molecular formula is C23H21N9. The van der Waals surface area contributed by atoms with E-state index in [9.17, 15) is 0 Å². The van der Waals surface area contributed by atoms with E-state index in [1.54, 1.807) is 22.9 Å². The highest BCUT2D eigenvalue weighted by atomic mass is 15.4. The van der Waals surface area contributed by atoms with Gasteiger partial charge in [0.1, 0.15) is 11.5 Å². The van der Waals surface area contributed by atoms with Crippen LogP contribution >= 0.6 is 0 Å². The molecule has 1 aliphatic heterocycles. The fourth-order valence-electron chi connectivity index (χ4n) is 3.83. The van der Waals surface area contributed by atoms with Gasteiger partial charge in [-0.1, -0.05) is 23.4 Å². The van der Waals surface area contributed by atoms with E-state index < -0.39 is 0 Å². The molecule has 1 aliphatic rings. The largest absolute Gasteiger partial charge is 0.368 e. The number of benzene rings is 1. The summed E-state index contributed by atoms with van der Waals surface area (Å²) in [6.45, 7) is 2.61. The van der Waals surface area contributed by atoms with Gasteiger partial charge in [-0.3, -0.25) is 0 Å². The van der Waals surface area contributed by atoms with Crippen LogP contribution in [0.5, 0.6) is 0 Å². The molecule has 9 nitrogen and oxygen atoms in total. The van der Waals surface area contributed by atoms with E-state index in [0.717, 1.165) is 30.2 Å². The summed E-state index contributed by atoms with van der Waals surface area (Å²) in [4.78, 5) is 15.7. The van der Waals surface area contributed by atoms with Crippen molar-refractivity contribution in [1.29, 1.82) is 5.26 Å². The summed E-state index contributed by atoms with van der Waals surface area (Å²) in [5, 5.41) is 17.7. The van der Waals surface area contributed by atoms with Crippen molar-refractivity contribution in [2.24, 2.45) is 0 Å². The predicted octanol–water partition coefficient (Wildman–Crippen LogP) is 2.90. The van der Waals surface area contributed by atoms with Gasteiger partial charge in [0.05, 0.1) is 41.5 Å². The van der Waals surface area contributed by atoms with Gasteiger partial charge in [0, 0.05) is 18.7 Å². The molecule has 1 saturated heterocycles. The lowest BCUT2D eigenvalue weighted by Gasteiger charge is -2.16. The maximum absolute atomic E-state index is 9.16. The Labute approximate surface area is 185 Å². The van der Waals surface area contributed by atoms with Gasteiger partial charge in [-0.05, 0) is 43.2 Å². The quantitative estimate of drug-likeness (QED) is 0.520. The predicted molar refractivity (Wildman–Crippen MR) is 120 cm³/mol. The molecule has 0 amide bonds. The Morgan fingerprint density at radius 2 is 1.75 bits per heavy atom. The smallest absolute Gasteiger partial charge is 0.221 e. The molecule has 0 atom stereocenters. The molecule has 4 aromatic rings. The second-order valence-electron chi connectivity index (χ2n) is 7.67. The number of nitriles is 1. The van der Waals surface area contributed by atoms with Crippen molar-refractivity contribution in [3.63, 3.8) is 0 Å². The first-order valence-corrected chi connectivity index (χ1v) is 10.4. The molecule has 3 aromatic heterocycles. The van der Waals surface area contributed by atoms with Gasteiger partial charge in [0.25, 0.3) is 0 Å². The van der Waals surface area contributed by atoms with E-state index in [4.69, 9.17) is 16.0 Å². The van der Waals surface area contributed by atoms with Crippen molar-refractivity contribution in [2.45, 2.75) is 19.4 Å². The zero-order valence-electron chi connectivity index (χ0n) is 17.4. The van der Waals surface area contributed by atoms with E-state index in [2.05, 4.69) is 31.2 Å². The van der Waals surface area contributed by atoms with Crippen molar-refractivity contribution in [3.8, 4) is 28.7 Å². The Bertz CT molecular complexity index is 1300. The molecule has 158 valence electrons. The Kier molecular flexibility index (Phi) is 5.17. The van der Waals surface area contributed by atoms with Crippen molar-refractivity contribution in [2.75, 3.05) is 23.7 Å².